The number of fused-ring (bicyclic) bond motifs is 1. The predicted octanol–water partition coefficient (Wildman–Crippen LogP) is 2.48. The van der Waals surface area contributed by atoms with Gasteiger partial charge in [0.05, 0.1) is 10.8 Å². The lowest BCUT2D eigenvalue weighted by atomic mass is 9.99. The minimum atomic E-state index is -0.167. The zero-order chi connectivity index (χ0) is 16.7. The van der Waals surface area contributed by atoms with E-state index in [1.165, 1.54) is 6.92 Å². The molecule has 0 spiro atoms. The summed E-state index contributed by atoms with van der Waals surface area (Å²) in [6.45, 7) is 2.48. The number of rotatable bonds is 3. The molecule has 122 valence electrons. The first kappa shape index (κ1) is 14.9. The van der Waals surface area contributed by atoms with Crippen molar-refractivity contribution in [3.05, 3.63) is 41.9 Å². The normalized spacial score (nSPS) is 14.6. The molecule has 0 radical (unpaired) electrons. The van der Waals surface area contributed by atoms with Crippen LogP contribution < -0.4 is 5.32 Å². The number of carbonyl (C=O) groups is 2. The van der Waals surface area contributed by atoms with E-state index in [-0.39, 0.29) is 17.7 Å². The number of anilines is 1. The lowest BCUT2D eigenvalue weighted by Crippen LogP contribution is -2.53. The molecule has 3 aromatic rings. The van der Waals surface area contributed by atoms with Crippen LogP contribution in [0.25, 0.3) is 16.2 Å². The number of hydrogen-bond acceptors (Lipinski definition) is 4. The summed E-state index contributed by atoms with van der Waals surface area (Å²) in [7, 11) is 0. The van der Waals surface area contributed by atoms with Gasteiger partial charge in [-0.25, -0.2) is 4.98 Å². The van der Waals surface area contributed by atoms with Crippen molar-refractivity contribution in [2.24, 2.45) is 5.92 Å². The first-order valence-electron chi connectivity index (χ1n) is 7.71. The quantitative estimate of drug-likeness (QED) is 0.796. The fraction of sp³-hybridized carbons (Fsp3) is 0.235. The number of hydrogen-bond donors (Lipinski definition) is 1. The standard InChI is InChI=1S/C17H16N4O2S/c1-11(22)20-9-12(10-20)17(23)19-16-15(13-5-4-8-24-13)18-14-6-2-3-7-21(14)16/h2-8,12H,9-10H2,1H3,(H,19,23). The summed E-state index contributed by atoms with van der Waals surface area (Å²) in [6.07, 6.45) is 1.89. The van der Waals surface area contributed by atoms with Gasteiger partial charge in [-0.15, -0.1) is 11.3 Å². The summed E-state index contributed by atoms with van der Waals surface area (Å²) in [6, 6.07) is 9.69. The van der Waals surface area contributed by atoms with Gasteiger partial charge in [-0.1, -0.05) is 12.1 Å². The third kappa shape index (κ3) is 2.46. The Morgan fingerprint density at radius 1 is 1.25 bits per heavy atom. The van der Waals surface area contributed by atoms with E-state index in [0.717, 1.165) is 16.2 Å². The molecule has 0 aliphatic carbocycles. The largest absolute Gasteiger partial charge is 0.341 e. The molecule has 6 nitrogen and oxygen atoms in total. The second-order valence-electron chi connectivity index (χ2n) is 5.83. The van der Waals surface area contributed by atoms with Crippen molar-refractivity contribution in [2.45, 2.75) is 6.92 Å². The molecule has 0 unspecified atom stereocenters. The first-order chi connectivity index (χ1) is 11.6. The predicted molar refractivity (Wildman–Crippen MR) is 92.9 cm³/mol. The van der Waals surface area contributed by atoms with Crippen LogP contribution in [0.1, 0.15) is 6.92 Å². The number of likely N-dealkylation sites (tertiary alicyclic amines) is 1. The number of imidazole rings is 1. The molecule has 0 atom stereocenters. The van der Waals surface area contributed by atoms with E-state index in [2.05, 4.69) is 10.3 Å². The molecule has 7 heteroatoms. The molecular weight excluding hydrogens is 324 g/mol. The molecule has 1 saturated heterocycles. The molecule has 1 aliphatic heterocycles. The Morgan fingerprint density at radius 2 is 2.08 bits per heavy atom. The van der Waals surface area contributed by atoms with Gasteiger partial charge in [-0.05, 0) is 23.6 Å². The highest BCUT2D eigenvalue weighted by atomic mass is 32.1. The maximum absolute atomic E-state index is 12.5. The molecule has 2 amide bonds. The van der Waals surface area contributed by atoms with Crippen molar-refractivity contribution in [3.8, 4) is 10.6 Å². The van der Waals surface area contributed by atoms with E-state index in [9.17, 15) is 9.59 Å². The van der Waals surface area contributed by atoms with Gasteiger partial charge >= 0.3 is 0 Å². The fourth-order valence-corrected chi connectivity index (χ4v) is 3.54. The molecule has 24 heavy (non-hydrogen) atoms. The summed E-state index contributed by atoms with van der Waals surface area (Å²) in [5.74, 6) is 0.447. The summed E-state index contributed by atoms with van der Waals surface area (Å²) in [5.41, 5.74) is 1.56. The first-order valence-corrected chi connectivity index (χ1v) is 8.59. The molecule has 0 saturated carbocycles. The Hall–Kier alpha value is -2.67. The van der Waals surface area contributed by atoms with Crippen LogP contribution in [0.2, 0.25) is 0 Å². The maximum Gasteiger partial charge on any atom is 0.232 e. The van der Waals surface area contributed by atoms with E-state index in [0.29, 0.717) is 18.9 Å². The van der Waals surface area contributed by atoms with E-state index in [1.54, 1.807) is 16.2 Å². The molecule has 0 bridgehead atoms. The Labute approximate surface area is 142 Å². The Morgan fingerprint density at radius 3 is 2.79 bits per heavy atom. The number of aromatic nitrogens is 2. The summed E-state index contributed by atoms with van der Waals surface area (Å²) in [4.78, 5) is 31.1. The summed E-state index contributed by atoms with van der Waals surface area (Å²) in [5, 5.41) is 5.00. The number of amides is 2. The van der Waals surface area contributed by atoms with Gasteiger partial charge in [0.1, 0.15) is 17.2 Å². The van der Waals surface area contributed by atoms with Gasteiger partial charge in [0.25, 0.3) is 0 Å². The zero-order valence-electron chi connectivity index (χ0n) is 13.1. The van der Waals surface area contributed by atoms with Crippen LogP contribution in [0.15, 0.2) is 41.9 Å². The molecule has 4 rings (SSSR count). The fourth-order valence-electron chi connectivity index (χ4n) is 2.82. The van der Waals surface area contributed by atoms with Gasteiger partial charge in [-0.2, -0.15) is 0 Å². The van der Waals surface area contributed by atoms with Gasteiger partial charge < -0.3 is 10.2 Å². The minimum Gasteiger partial charge on any atom is -0.341 e. The van der Waals surface area contributed by atoms with Crippen LogP contribution in [-0.4, -0.2) is 39.2 Å². The smallest absolute Gasteiger partial charge is 0.232 e. The second kappa shape index (κ2) is 5.76. The van der Waals surface area contributed by atoms with E-state index >= 15 is 0 Å². The van der Waals surface area contributed by atoms with Crippen LogP contribution in [0.4, 0.5) is 5.82 Å². The third-order valence-electron chi connectivity index (χ3n) is 4.22. The molecule has 4 heterocycles. The molecule has 0 aromatic carbocycles. The SMILES string of the molecule is CC(=O)N1CC(C(=O)Nc2c(-c3cccs3)nc3ccccn23)C1. The van der Waals surface area contributed by atoms with Crippen molar-refractivity contribution < 1.29 is 9.59 Å². The monoisotopic (exact) mass is 340 g/mol. The average molecular weight is 340 g/mol. The van der Waals surface area contributed by atoms with Crippen molar-refractivity contribution in [1.82, 2.24) is 14.3 Å². The zero-order valence-corrected chi connectivity index (χ0v) is 13.9. The molecule has 1 fully saturated rings. The van der Waals surface area contributed by atoms with Crippen LogP contribution in [0.5, 0.6) is 0 Å². The Bertz CT molecular complexity index is 910. The van der Waals surface area contributed by atoms with Gasteiger partial charge in [-0.3, -0.25) is 14.0 Å². The number of nitrogens with one attached hydrogen (secondary N) is 1. The lowest BCUT2D eigenvalue weighted by molar-refractivity contribution is -0.139. The number of pyridine rings is 1. The van der Waals surface area contributed by atoms with Gasteiger partial charge in [0, 0.05) is 26.2 Å². The number of thiophene rings is 1. The summed E-state index contributed by atoms with van der Waals surface area (Å²) < 4.78 is 1.88. The molecular formula is C17H16N4O2S. The number of nitrogens with zero attached hydrogens (tertiary/aromatic N) is 3. The van der Waals surface area contributed by atoms with E-state index in [4.69, 9.17) is 0 Å². The van der Waals surface area contributed by atoms with E-state index in [1.807, 2.05) is 46.3 Å². The van der Waals surface area contributed by atoms with Gasteiger partial charge in [0.15, 0.2) is 0 Å². The van der Waals surface area contributed by atoms with Gasteiger partial charge in [0.2, 0.25) is 11.8 Å². The highest BCUT2D eigenvalue weighted by molar-refractivity contribution is 7.13. The molecule has 3 aromatic heterocycles. The maximum atomic E-state index is 12.5. The van der Waals surface area contributed by atoms with Crippen molar-refractivity contribution in [3.63, 3.8) is 0 Å². The Balaban J connectivity index is 1.65. The van der Waals surface area contributed by atoms with Crippen molar-refractivity contribution in [2.75, 3.05) is 18.4 Å². The van der Waals surface area contributed by atoms with Crippen LogP contribution in [0.3, 0.4) is 0 Å². The van der Waals surface area contributed by atoms with Crippen LogP contribution in [-0.2, 0) is 9.59 Å². The van der Waals surface area contributed by atoms with Crippen LogP contribution >= 0.6 is 11.3 Å². The molecule has 1 aliphatic rings. The Kier molecular flexibility index (Phi) is 3.57. The summed E-state index contributed by atoms with van der Waals surface area (Å²) >= 11 is 1.58. The van der Waals surface area contributed by atoms with Crippen molar-refractivity contribution in [1.29, 1.82) is 0 Å². The topological polar surface area (TPSA) is 66.7 Å². The average Bonchev–Trinajstić information content (AvgIpc) is 3.13. The molecule has 1 N–H and O–H groups in total. The highest BCUT2D eigenvalue weighted by Crippen LogP contribution is 2.32. The third-order valence-corrected chi connectivity index (χ3v) is 5.10. The van der Waals surface area contributed by atoms with E-state index < -0.39 is 0 Å². The lowest BCUT2D eigenvalue weighted by Gasteiger charge is -2.37. The van der Waals surface area contributed by atoms with Crippen molar-refractivity contribution >= 4 is 34.6 Å². The minimum absolute atomic E-state index is 0.00753. The number of carbonyl (C=O) groups excluding carboxylic acids is 2. The van der Waals surface area contributed by atoms with Crippen LogP contribution in [0, 0.1) is 5.92 Å². The second-order valence-corrected chi connectivity index (χ2v) is 6.77. The highest BCUT2D eigenvalue weighted by Gasteiger charge is 2.34.